The molecule has 1 aromatic rings. The molecule has 16 heavy (non-hydrogen) atoms. The lowest BCUT2D eigenvalue weighted by atomic mass is 9.67. The first kappa shape index (κ1) is 11.7. The van der Waals surface area contributed by atoms with E-state index in [0.29, 0.717) is 5.41 Å². The van der Waals surface area contributed by atoms with Gasteiger partial charge in [-0.2, -0.15) is 0 Å². The van der Waals surface area contributed by atoms with E-state index in [-0.39, 0.29) is 0 Å². The molecule has 2 rings (SSSR count). The van der Waals surface area contributed by atoms with Crippen molar-refractivity contribution >= 4 is 0 Å². The Labute approximate surface area is 100 Å². The Bertz CT molecular complexity index is 326. The van der Waals surface area contributed by atoms with Crippen LogP contribution in [0.15, 0.2) is 24.3 Å². The Hall–Kier alpha value is -0.780. The van der Waals surface area contributed by atoms with Crippen LogP contribution in [0.4, 0.5) is 0 Å². The third-order valence-electron chi connectivity index (χ3n) is 4.42. The predicted octanol–water partition coefficient (Wildman–Crippen LogP) is 4.85. The average Bonchev–Trinajstić information content (AvgIpc) is 2.31. The van der Waals surface area contributed by atoms with Gasteiger partial charge in [0.15, 0.2) is 0 Å². The molecule has 0 saturated heterocycles. The van der Waals surface area contributed by atoms with Gasteiger partial charge < -0.3 is 0 Å². The zero-order valence-electron chi connectivity index (χ0n) is 10.9. The van der Waals surface area contributed by atoms with Crippen molar-refractivity contribution in [3.05, 3.63) is 35.4 Å². The van der Waals surface area contributed by atoms with Gasteiger partial charge in [0, 0.05) is 0 Å². The van der Waals surface area contributed by atoms with E-state index in [0.717, 1.165) is 5.92 Å². The molecule has 0 aromatic heterocycles. The molecule has 0 heterocycles. The largest absolute Gasteiger partial charge is 0.0590 e. The van der Waals surface area contributed by atoms with Gasteiger partial charge in [0.1, 0.15) is 0 Å². The minimum atomic E-state index is 0.355. The lowest BCUT2D eigenvalue weighted by molar-refractivity contribution is 0.236. The quantitative estimate of drug-likeness (QED) is 0.662. The average molecular weight is 216 g/mol. The molecule has 0 heteroatoms. The van der Waals surface area contributed by atoms with E-state index in [1.54, 1.807) is 0 Å². The number of aryl methyl sites for hydroxylation is 1. The lowest BCUT2D eigenvalue weighted by Crippen LogP contribution is -2.30. The molecule has 1 aliphatic rings. The van der Waals surface area contributed by atoms with Crippen molar-refractivity contribution in [3.8, 4) is 0 Å². The zero-order chi connectivity index (χ0) is 11.6. The van der Waals surface area contributed by atoms with Crippen LogP contribution in [0.1, 0.15) is 57.1 Å². The SMILES string of the molecule is Cc1ccc(C(C)(C)C2CCCCC2)cc1. The molecule has 88 valence electrons. The fourth-order valence-corrected chi connectivity index (χ4v) is 3.04. The fraction of sp³-hybridized carbons (Fsp3) is 0.625. The van der Waals surface area contributed by atoms with Crippen LogP contribution >= 0.6 is 0 Å². The Balaban J connectivity index is 2.19. The van der Waals surface area contributed by atoms with Gasteiger partial charge in [-0.15, -0.1) is 0 Å². The molecule has 0 radical (unpaired) electrons. The van der Waals surface area contributed by atoms with Gasteiger partial charge in [-0.3, -0.25) is 0 Å². The smallest absolute Gasteiger partial charge is 0.00753 e. The van der Waals surface area contributed by atoms with Crippen LogP contribution < -0.4 is 0 Å². The molecule has 0 nitrogen and oxygen atoms in total. The summed E-state index contributed by atoms with van der Waals surface area (Å²) in [5.41, 5.74) is 3.24. The summed E-state index contributed by atoms with van der Waals surface area (Å²) in [5.74, 6) is 0.879. The van der Waals surface area contributed by atoms with Crippen molar-refractivity contribution in [3.63, 3.8) is 0 Å². The molecule has 0 spiro atoms. The van der Waals surface area contributed by atoms with Crippen LogP contribution in [0.2, 0.25) is 0 Å². The highest BCUT2D eigenvalue weighted by atomic mass is 14.4. The van der Waals surface area contributed by atoms with Crippen molar-refractivity contribution in [1.29, 1.82) is 0 Å². The van der Waals surface area contributed by atoms with E-state index >= 15 is 0 Å². The van der Waals surface area contributed by atoms with Crippen LogP contribution in [-0.2, 0) is 5.41 Å². The number of rotatable bonds is 2. The van der Waals surface area contributed by atoms with Gasteiger partial charge in [0.25, 0.3) is 0 Å². The van der Waals surface area contributed by atoms with Crippen LogP contribution in [-0.4, -0.2) is 0 Å². The molecule has 0 unspecified atom stereocenters. The van der Waals surface area contributed by atoms with Crippen molar-refractivity contribution in [2.75, 3.05) is 0 Å². The molecule has 0 amide bonds. The third-order valence-corrected chi connectivity index (χ3v) is 4.42. The second-order valence-electron chi connectivity index (χ2n) is 5.92. The number of benzene rings is 1. The summed E-state index contributed by atoms with van der Waals surface area (Å²) in [6.45, 7) is 7.01. The maximum atomic E-state index is 2.42. The first-order valence-electron chi connectivity index (χ1n) is 6.68. The predicted molar refractivity (Wildman–Crippen MR) is 70.8 cm³/mol. The zero-order valence-corrected chi connectivity index (χ0v) is 10.9. The Morgan fingerprint density at radius 3 is 2.06 bits per heavy atom. The van der Waals surface area contributed by atoms with Crippen molar-refractivity contribution in [2.24, 2.45) is 5.92 Å². The molecule has 1 saturated carbocycles. The molecule has 0 atom stereocenters. The van der Waals surface area contributed by atoms with E-state index in [9.17, 15) is 0 Å². The van der Waals surface area contributed by atoms with Gasteiger partial charge in [-0.1, -0.05) is 62.9 Å². The van der Waals surface area contributed by atoms with Crippen LogP contribution in [0.25, 0.3) is 0 Å². The van der Waals surface area contributed by atoms with Gasteiger partial charge in [-0.25, -0.2) is 0 Å². The van der Waals surface area contributed by atoms with E-state index in [1.165, 1.54) is 43.2 Å². The van der Waals surface area contributed by atoms with Crippen LogP contribution in [0, 0.1) is 12.8 Å². The molecule has 1 aliphatic carbocycles. The molecule has 0 N–H and O–H groups in total. The fourth-order valence-electron chi connectivity index (χ4n) is 3.04. The van der Waals surface area contributed by atoms with Crippen molar-refractivity contribution < 1.29 is 0 Å². The Kier molecular flexibility index (Phi) is 3.37. The van der Waals surface area contributed by atoms with Gasteiger partial charge in [0.05, 0.1) is 0 Å². The highest BCUT2D eigenvalue weighted by Crippen LogP contribution is 2.40. The van der Waals surface area contributed by atoms with Crippen LogP contribution in [0.5, 0.6) is 0 Å². The first-order chi connectivity index (χ1) is 7.60. The normalized spacial score (nSPS) is 18.7. The second kappa shape index (κ2) is 4.61. The minimum absolute atomic E-state index is 0.355. The summed E-state index contributed by atoms with van der Waals surface area (Å²) < 4.78 is 0. The summed E-state index contributed by atoms with van der Waals surface area (Å²) in [7, 11) is 0. The summed E-state index contributed by atoms with van der Waals surface area (Å²) >= 11 is 0. The minimum Gasteiger partial charge on any atom is -0.0590 e. The van der Waals surface area contributed by atoms with E-state index < -0.39 is 0 Å². The molecule has 0 bridgehead atoms. The highest BCUT2D eigenvalue weighted by molar-refractivity contribution is 5.28. The summed E-state index contributed by atoms with van der Waals surface area (Å²) in [6.07, 6.45) is 7.14. The van der Waals surface area contributed by atoms with E-state index in [4.69, 9.17) is 0 Å². The molecule has 0 aliphatic heterocycles. The molecular weight excluding hydrogens is 192 g/mol. The maximum Gasteiger partial charge on any atom is -0.00753 e. The number of hydrogen-bond acceptors (Lipinski definition) is 0. The van der Waals surface area contributed by atoms with Gasteiger partial charge in [-0.05, 0) is 36.7 Å². The topological polar surface area (TPSA) is 0 Å². The third kappa shape index (κ3) is 2.31. The van der Waals surface area contributed by atoms with Crippen LogP contribution in [0.3, 0.4) is 0 Å². The summed E-state index contributed by atoms with van der Waals surface area (Å²) in [5, 5.41) is 0. The molecule has 1 fully saturated rings. The summed E-state index contributed by atoms with van der Waals surface area (Å²) in [6, 6.07) is 9.15. The number of hydrogen-bond donors (Lipinski definition) is 0. The van der Waals surface area contributed by atoms with Gasteiger partial charge >= 0.3 is 0 Å². The second-order valence-corrected chi connectivity index (χ2v) is 5.92. The monoisotopic (exact) mass is 216 g/mol. The Morgan fingerprint density at radius 1 is 0.938 bits per heavy atom. The van der Waals surface area contributed by atoms with Crippen molar-refractivity contribution in [1.82, 2.24) is 0 Å². The van der Waals surface area contributed by atoms with Gasteiger partial charge in [0.2, 0.25) is 0 Å². The maximum absolute atomic E-state index is 2.42. The lowest BCUT2D eigenvalue weighted by Gasteiger charge is -2.37. The highest BCUT2D eigenvalue weighted by Gasteiger charge is 2.31. The standard InChI is InChI=1S/C16H24/c1-13-9-11-15(12-10-13)16(2,3)14-7-5-4-6-8-14/h9-12,14H,4-8H2,1-3H3. The molecule has 1 aromatic carbocycles. The van der Waals surface area contributed by atoms with E-state index in [2.05, 4.69) is 45.0 Å². The first-order valence-corrected chi connectivity index (χ1v) is 6.68. The molecular formula is C16H24. The summed E-state index contributed by atoms with van der Waals surface area (Å²) in [4.78, 5) is 0. The Morgan fingerprint density at radius 2 is 1.50 bits per heavy atom. The van der Waals surface area contributed by atoms with E-state index in [1.807, 2.05) is 0 Å². The van der Waals surface area contributed by atoms with Crippen molar-refractivity contribution in [2.45, 2.75) is 58.3 Å².